The molecule has 0 N–H and O–H groups in total. The minimum absolute atomic E-state index is 0.992. The van der Waals surface area contributed by atoms with Crippen molar-refractivity contribution in [1.29, 1.82) is 0 Å². The van der Waals surface area contributed by atoms with Gasteiger partial charge >= 0.3 is 0 Å². The lowest BCUT2D eigenvalue weighted by Gasteiger charge is -2.05. The molecule has 0 unspecified atom stereocenters. The molecule has 22 heavy (non-hydrogen) atoms. The number of rotatable bonds is 1. The Labute approximate surface area is 128 Å². The topological polar surface area (TPSA) is 25.8 Å². The standard InChI is InChI=1S/C20H12N2/c1-3-14-4-2-6-17-19(14)15(5-1)16-7-8-18(22-20(16)17)13-9-11-21-12-10-13/h1-12H. The molecule has 0 aliphatic heterocycles. The van der Waals surface area contributed by atoms with Gasteiger partial charge in [-0.3, -0.25) is 4.98 Å². The molecule has 0 fully saturated rings. The second-order valence-corrected chi connectivity index (χ2v) is 5.54. The van der Waals surface area contributed by atoms with Gasteiger partial charge < -0.3 is 0 Å². The van der Waals surface area contributed by atoms with Crippen molar-refractivity contribution in [2.75, 3.05) is 0 Å². The molecule has 2 heteroatoms. The Hall–Kier alpha value is -3.00. The van der Waals surface area contributed by atoms with Crippen LogP contribution in [0.25, 0.3) is 44.4 Å². The largest absolute Gasteiger partial charge is 0.265 e. The maximum Gasteiger partial charge on any atom is 0.0794 e. The van der Waals surface area contributed by atoms with Gasteiger partial charge in [0.15, 0.2) is 0 Å². The lowest BCUT2D eigenvalue weighted by atomic mass is 10.0. The summed E-state index contributed by atoms with van der Waals surface area (Å²) in [7, 11) is 0. The average Bonchev–Trinajstić information content (AvgIpc) is 2.92. The zero-order valence-corrected chi connectivity index (χ0v) is 11.8. The van der Waals surface area contributed by atoms with Gasteiger partial charge in [-0.15, -0.1) is 0 Å². The zero-order valence-electron chi connectivity index (χ0n) is 11.8. The minimum Gasteiger partial charge on any atom is -0.265 e. The van der Waals surface area contributed by atoms with Gasteiger partial charge in [-0.2, -0.15) is 0 Å². The summed E-state index contributed by atoms with van der Waals surface area (Å²) in [5.74, 6) is 0. The fraction of sp³-hybridized carbons (Fsp3) is 0. The van der Waals surface area contributed by atoms with Gasteiger partial charge in [0.1, 0.15) is 0 Å². The molecule has 0 saturated carbocycles. The van der Waals surface area contributed by atoms with Crippen molar-refractivity contribution in [2.45, 2.75) is 0 Å². The number of hydrogen-bond acceptors (Lipinski definition) is 2. The summed E-state index contributed by atoms with van der Waals surface area (Å²) in [4.78, 5) is 9.01. The highest BCUT2D eigenvalue weighted by Crippen LogP contribution is 2.46. The molecule has 1 aliphatic carbocycles. The van der Waals surface area contributed by atoms with Crippen LogP contribution in [0.2, 0.25) is 0 Å². The molecule has 4 aromatic rings. The highest BCUT2D eigenvalue weighted by Gasteiger charge is 2.22. The molecule has 0 spiro atoms. The van der Waals surface area contributed by atoms with Crippen LogP contribution < -0.4 is 0 Å². The number of pyridine rings is 2. The summed E-state index contributed by atoms with van der Waals surface area (Å²) in [6, 6.07) is 21.2. The van der Waals surface area contributed by atoms with Gasteiger partial charge in [0.05, 0.1) is 11.4 Å². The number of fused-ring (bicyclic) bond motifs is 3. The SMILES string of the molecule is c1cc2c3c(cccc3c1)-c1nc(-c3ccncc3)ccc1-2. The average molecular weight is 280 g/mol. The minimum atomic E-state index is 0.992. The molecule has 1 aliphatic rings. The Morgan fingerprint density at radius 3 is 2.23 bits per heavy atom. The Kier molecular flexibility index (Phi) is 2.25. The van der Waals surface area contributed by atoms with Crippen molar-refractivity contribution in [2.24, 2.45) is 0 Å². The second kappa shape index (κ2) is 4.25. The van der Waals surface area contributed by atoms with Crippen molar-refractivity contribution >= 4 is 10.8 Å². The number of nitrogens with zero attached hydrogens (tertiary/aromatic N) is 2. The van der Waals surface area contributed by atoms with Crippen molar-refractivity contribution in [3.8, 4) is 33.6 Å². The molecule has 102 valence electrons. The van der Waals surface area contributed by atoms with E-state index in [2.05, 4.69) is 53.5 Å². The van der Waals surface area contributed by atoms with E-state index in [1.807, 2.05) is 12.1 Å². The third-order valence-corrected chi connectivity index (χ3v) is 4.32. The van der Waals surface area contributed by atoms with Crippen molar-refractivity contribution in [3.05, 3.63) is 73.1 Å². The maximum atomic E-state index is 4.94. The third kappa shape index (κ3) is 1.49. The first-order valence-corrected chi connectivity index (χ1v) is 7.36. The van der Waals surface area contributed by atoms with E-state index >= 15 is 0 Å². The van der Waals surface area contributed by atoms with Gasteiger partial charge in [0.25, 0.3) is 0 Å². The van der Waals surface area contributed by atoms with Gasteiger partial charge in [-0.25, -0.2) is 4.98 Å². The monoisotopic (exact) mass is 280 g/mol. The molecule has 2 nitrogen and oxygen atoms in total. The quantitative estimate of drug-likeness (QED) is 0.434. The normalized spacial score (nSPS) is 11.6. The van der Waals surface area contributed by atoms with Crippen LogP contribution in [0, 0.1) is 0 Å². The van der Waals surface area contributed by atoms with E-state index in [1.165, 1.54) is 27.5 Å². The molecule has 0 saturated heterocycles. The van der Waals surface area contributed by atoms with E-state index in [9.17, 15) is 0 Å². The molecular formula is C20H12N2. The molecular weight excluding hydrogens is 268 g/mol. The fourth-order valence-electron chi connectivity index (χ4n) is 3.33. The van der Waals surface area contributed by atoms with Crippen LogP contribution in [0.4, 0.5) is 0 Å². The van der Waals surface area contributed by atoms with E-state index in [1.54, 1.807) is 12.4 Å². The lowest BCUT2D eigenvalue weighted by molar-refractivity contribution is 1.29. The molecule has 2 heterocycles. The third-order valence-electron chi connectivity index (χ3n) is 4.32. The van der Waals surface area contributed by atoms with E-state index in [4.69, 9.17) is 4.98 Å². The first-order chi connectivity index (χ1) is 10.9. The summed E-state index contributed by atoms with van der Waals surface area (Å²) < 4.78 is 0. The van der Waals surface area contributed by atoms with Crippen LogP contribution in [0.3, 0.4) is 0 Å². The highest BCUT2D eigenvalue weighted by molar-refractivity contribution is 6.14. The highest BCUT2D eigenvalue weighted by atomic mass is 14.7. The van der Waals surface area contributed by atoms with Crippen LogP contribution in [-0.4, -0.2) is 9.97 Å². The Morgan fingerprint density at radius 1 is 0.636 bits per heavy atom. The predicted molar refractivity (Wildman–Crippen MR) is 89.4 cm³/mol. The molecule has 0 atom stereocenters. The molecule has 2 aromatic heterocycles. The van der Waals surface area contributed by atoms with Crippen molar-refractivity contribution in [1.82, 2.24) is 9.97 Å². The van der Waals surface area contributed by atoms with Gasteiger partial charge in [0.2, 0.25) is 0 Å². The summed E-state index contributed by atoms with van der Waals surface area (Å²) >= 11 is 0. The summed E-state index contributed by atoms with van der Waals surface area (Å²) in [6.45, 7) is 0. The summed E-state index contributed by atoms with van der Waals surface area (Å²) in [5, 5.41) is 2.60. The molecule has 0 amide bonds. The van der Waals surface area contributed by atoms with Crippen LogP contribution in [0.5, 0.6) is 0 Å². The molecule has 0 radical (unpaired) electrons. The number of benzene rings is 2. The summed E-state index contributed by atoms with van der Waals surface area (Å²) in [6.07, 6.45) is 3.61. The summed E-state index contributed by atoms with van der Waals surface area (Å²) in [5.41, 5.74) is 6.92. The Balaban J connectivity index is 1.82. The zero-order chi connectivity index (χ0) is 14.5. The predicted octanol–water partition coefficient (Wildman–Crippen LogP) is 4.94. The van der Waals surface area contributed by atoms with Gasteiger partial charge in [0, 0.05) is 29.1 Å². The van der Waals surface area contributed by atoms with Gasteiger partial charge in [-0.05, 0) is 40.6 Å². The van der Waals surface area contributed by atoms with Gasteiger partial charge in [-0.1, -0.05) is 36.4 Å². The molecule has 0 bridgehead atoms. The molecule has 5 rings (SSSR count). The van der Waals surface area contributed by atoms with Crippen molar-refractivity contribution in [3.63, 3.8) is 0 Å². The van der Waals surface area contributed by atoms with Crippen LogP contribution >= 0.6 is 0 Å². The number of hydrogen-bond donors (Lipinski definition) is 0. The fourth-order valence-corrected chi connectivity index (χ4v) is 3.33. The van der Waals surface area contributed by atoms with Crippen molar-refractivity contribution < 1.29 is 0 Å². The maximum absolute atomic E-state index is 4.94. The van der Waals surface area contributed by atoms with Crippen LogP contribution in [0.1, 0.15) is 0 Å². The number of aromatic nitrogens is 2. The first kappa shape index (κ1) is 11.6. The second-order valence-electron chi connectivity index (χ2n) is 5.54. The smallest absolute Gasteiger partial charge is 0.0794 e. The van der Waals surface area contributed by atoms with E-state index in [0.717, 1.165) is 17.0 Å². The van der Waals surface area contributed by atoms with Crippen LogP contribution in [0.15, 0.2) is 73.1 Å². The Morgan fingerprint density at radius 2 is 1.41 bits per heavy atom. The van der Waals surface area contributed by atoms with E-state index in [-0.39, 0.29) is 0 Å². The van der Waals surface area contributed by atoms with E-state index in [0.29, 0.717) is 0 Å². The van der Waals surface area contributed by atoms with E-state index < -0.39 is 0 Å². The first-order valence-electron chi connectivity index (χ1n) is 7.36. The van der Waals surface area contributed by atoms with Crippen LogP contribution in [-0.2, 0) is 0 Å². The molecule has 2 aromatic carbocycles. The lowest BCUT2D eigenvalue weighted by Crippen LogP contribution is -1.88. The Bertz CT molecular complexity index is 1010.